The quantitative estimate of drug-likeness (QED) is 0.516. The maximum absolute atomic E-state index is 13.0. The molecule has 4 aromatic rings. The predicted octanol–water partition coefficient (Wildman–Crippen LogP) is 5.43. The topological polar surface area (TPSA) is 37.3 Å². The summed E-state index contributed by atoms with van der Waals surface area (Å²) in [7, 11) is 0. The van der Waals surface area contributed by atoms with Crippen LogP contribution in [0.4, 0.5) is 0 Å². The van der Waals surface area contributed by atoms with E-state index in [0.29, 0.717) is 28.7 Å². The van der Waals surface area contributed by atoms with Crippen LogP contribution >= 0.6 is 0 Å². The number of ketones is 1. The Morgan fingerprint density at radius 3 is 1.76 bits per heavy atom. The van der Waals surface area contributed by atoms with E-state index in [0.717, 1.165) is 17.4 Å². The molecule has 0 amide bonds. The van der Waals surface area contributed by atoms with E-state index in [1.807, 2.05) is 54.6 Å². The smallest absolute Gasteiger partial charge is 0.193 e. The van der Waals surface area contributed by atoms with Gasteiger partial charge < -0.3 is 5.11 Å². The summed E-state index contributed by atoms with van der Waals surface area (Å²) < 4.78 is 0. The Labute approximate surface area is 170 Å². The van der Waals surface area contributed by atoms with E-state index in [4.69, 9.17) is 0 Å². The molecule has 4 aromatic carbocycles. The highest BCUT2D eigenvalue weighted by Crippen LogP contribution is 2.43. The van der Waals surface area contributed by atoms with Gasteiger partial charge in [0.2, 0.25) is 0 Å². The second-order valence-electron chi connectivity index (χ2n) is 7.74. The number of carbonyl (C=O) groups is 1. The van der Waals surface area contributed by atoms with Crippen molar-refractivity contribution < 1.29 is 9.90 Å². The van der Waals surface area contributed by atoms with Crippen molar-refractivity contribution in [2.24, 2.45) is 0 Å². The van der Waals surface area contributed by atoms with Crippen LogP contribution in [-0.2, 0) is 18.4 Å². The lowest BCUT2D eigenvalue weighted by Gasteiger charge is -2.36. The van der Waals surface area contributed by atoms with E-state index in [1.54, 1.807) is 0 Å². The van der Waals surface area contributed by atoms with E-state index in [1.165, 1.54) is 10.9 Å². The lowest BCUT2D eigenvalue weighted by atomic mass is 9.71. The van der Waals surface area contributed by atoms with Crippen molar-refractivity contribution in [2.75, 3.05) is 0 Å². The number of aryl methyl sites for hydroxylation is 1. The van der Waals surface area contributed by atoms with Gasteiger partial charge in [0.15, 0.2) is 5.78 Å². The Morgan fingerprint density at radius 1 is 0.690 bits per heavy atom. The first-order valence-electron chi connectivity index (χ1n) is 10.1. The minimum Gasteiger partial charge on any atom is -0.380 e. The summed E-state index contributed by atoms with van der Waals surface area (Å²) in [6.07, 6.45) is 1.38. The molecular weight excluding hydrogens is 356 g/mol. The van der Waals surface area contributed by atoms with Crippen LogP contribution in [0.5, 0.6) is 0 Å². The third-order valence-electron chi connectivity index (χ3n) is 6.17. The molecule has 0 fully saturated rings. The zero-order valence-electron chi connectivity index (χ0n) is 16.4. The van der Waals surface area contributed by atoms with Gasteiger partial charge in [0.25, 0.3) is 0 Å². The molecule has 0 radical (unpaired) electrons. The SMILES string of the molecule is CCc1ccc(CC2(O)c3ccccc3C(=O)c3ccccc32)c2ccccc12. The maximum atomic E-state index is 13.0. The normalized spacial score (nSPS) is 14.5. The van der Waals surface area contributed by atoms with Crippen LogP contribution in [0, 0.1) is 0 Å². The minimum atomic E-state index is -1.25. The van der Waals surface area contributed by atoms with Gasteiger partial charge in [0.1, 0.15) is 5.60 Å². The first-order valence-corrected chi connectivity index (χ1v) is 10.1. The van der Waals surface area contributed by atoms with Crippen LogP contribution in [0.25, 0.3) is 10.8 Å². The standard InChI is InChI=1S/C27H22O2/c1-2-18-15-16-19(21-10-4-3-9-20(18)21)17-27(29)24-13-7-5-11-22(24)26(28)23-12-6-8-14-25(23)27/h3-16,29H,2,17H2,1H3. The molecule has 5 rings (SSSR count). The van der Waals surface area contributed by atoms with E-state index in [-0.39, 0.29) is 5.78 Å². The number of hydrogen-bond acceptors (Lipinski definition) is 2. The van der Waals surface area contributed by atoms with Crippen molar-refractivity contribution in [3.63, 3.8) is 0 Å². The third-order valence-corrected chi connectivity index (χ3v) is 6.17. The van der Waals surface area contributed by atoms with Gasteiger partial charge in [-0.2, -0.15) is 0 Å². The zero-order valence-corrected chi connectivity index (χ0v) is 16.4. The fourth-order valence-corrected chi connectivity index (χ4v) is 4.73. The van der Waals surface area contributed by atoms with Crippen molar-refractivity contribution in [1.29, 1.82) is 0 Å². The van der Waals surface area contributed by atoms with Crippen molar-refractivity contribution >= 4 is 16.6 Å². The molecule has 2 heteroatoms. The second kappa shape index (κ2) is 6.68. The van der Waals surface area contributed by atoms with Crippen LogP contribution < -0.4 is 0 Å². The van der Waals surface area contributed by atoms with Gasteiger partial charge in [-0.3, -0.25) is 4.79 Å². The minimum absolute atomic E-state index is 0.0212. The molecule has 0 unspecified atom stereocenters. The summed E-state index contributed by atoms with van der Waals surface area (Å²) in [5.74, 6) is -0.0212. The van der Waals surface area contributed by atoms with Gasteiger partial charge in [-0.15, -0.1) is 0 Å². The van der Waals surface area contributed by atoms with E-state index in [2.05, 4.69) is 37.3 Å². The molecule has 0 aliphatic heterocycles. The average molecular weight is 378 g/mol. The summed E-state index contributed by atoms with van der Waals surface area (Å²) in [5.41, 5.74) is 3.68. The summed E-state index contributed by atoms with van der Waals surface area (Å²) in [6, 6.07) is 27.6. The Morgan fingerprint density at radius 2 is 1.17 bits per heavy atom. The monoisotopic (exact) mass is 378 g/mol. The molecule has 1 aliphatic rings. The van der Waals surface area contributed by atoms with Crippen LogP contribution in [0.1, 0.15) is 45.1 Å². The lowest BCUT2D eigenvalue weighted by Crippen LogP contribution is -2.37. The van der Waals surface area contributed by atoms with Crippen molar-refractivity contribution in [1.82, 2.24) is 0 Å². The molecule has 2 nitrogen and oxygen atoms in total. The summed E-state index contributed by atoms with van der Waals surface area (Å²) >= 11 is 0. The Hall–Kier alpha value is -3.23. The molecule has 0 saturated heterocycles. The van der Waals surface area contributed by atoms with E-state index in [9.17, 15) is 9.90 Å². The highest BCUT2D eigenvalue weighted by atomic mass is 16.3. The molecule has 0 spiro atoms. The third kappa shape index (κ3) is 2.64. The number of carbonyl (C=O) groups excluding carboxylic acids is 1. The largest absolute Gasteiger partial charge is 0.380 e. The van der Waals surface area contributed by atoms with Gasteiger partial charge in [-0.25, -0.2) is 0 Å². The molecule has 0 atom stereocenters. The summed E-state index contributed by atoms with van der Waals surface area (Å²) in [6.45, 7) is 2.16. The molecule has 29 heavy (non-hydrogen) atoms. The average Bonchev–Trinajstić information content (AvgIpc) is 2.78. The summed E-state index contributed by atoms with van der Waals surface area (Å²) in [4.78, 5) is 13.0. The van der Waals surface area contributed by atoms with Crippen LogP contribution in [0.15, 0.2) is 84.9 Å². The molecule has 0 bridgehead atoms. The Balaban J connectivity index is 1.75. The number of fused-ring (bicyclic) bond motifs is 3. The zero-order chi connectivity index (χ0) is 20.0. The van der Waals surface area contributed by atoms with Crippen LogP contribution in [-0.4, -0.2) is 10.9 Å². The predicted molar refractivity (Wildman–Crippen MR) is 116 cm³/mol. The second-order valence-corrected chi connectivity index (χ2v) is 7.74. The number of aliphatic hydroxyl groups is 1. The van der Waals surface area contributed by atoms with Gasteiger partial charge in [-0.05, 0) is 39.4 Å². The number of hydrogen-bond donors (Lipinski definition) is 1. The van der Waals surface area contributed by atoms with E-state index >= 15 is 0 Å². The molecule has 0 aromatic heterocycles. The molecule has 1 aliphatic carbocycles. The fraction of sp³-hybridized carbons (Fsp3) is 0.148. The van der Waals surface area contributed by atoms with Gasteiger partial charge >= 0.3 is 0 Å². The highest BCUT2D eigenvalue weighted by molar-refractivity contribution is 6.13. The maximum Gasteiger partial charge on any atom is 0.193 e. The van der Waals surface area contributed by atoms with Crippen molar-refractivity contribution in [3.8, 4) is 0 Å². The molecule has 142 valence electrons. The van der Waals surface area contributed by atoms with Gasteiger partial charge in [-0.1, -0.05) is 91.9 Å². The van der Waals surface area contributed by atoms with Crippen molar-refractivity contribution in [3.05, 3.63) is 118 Å². The first-order chi connectivity index (χ1) is 14.1. The Kier molecular flexibility index (Phi) is 4.11. The highest BCUT2D eigenvalue weighted by Gasteiger charge is 2.42. The summed E-state index contributed by atoms with van der Waals surface area (Å²) in [5, 5.41) is 14.5. The molecular formula is C27H22O2. The van der Waals surface area contributed by atoms with Crippen LogP contribution in [0.3, 0.4) is 0 Å². The van der Waals surface area contributed by atoms with Gasteiger partial charge in [0, 0.05) is 17.5 Å². The molecule has 0 heterocycles. The van der Waals surface area contributed by atoms with Crippen LogP contribution in [0.2, 0.25) is 0 Å². The number of benzene rings is 4. The molecule has 1 N–H and O–H groups in total. The van der Waals surface area contributed by atoms with Crippen molar-refractivity contribution in [2.45, 2.75) is 25.4 Å². The van der Waals surface area contributed by atoms with E-state index < -0.39 is 5.60 Å². The fourth-order valence-electron chi connectivity index (χ4n) is 4.73. The number of rotatable bonds is 3. The van der Waals surface area contributed by atoms with Gasteiger partial charge in [0.05, 0.1) is 0 Å². The molecule has 0 saturated carbocycles. The Bertz CT molecular complexity index is 1200. The first kappa shape index (κ1) is 17.8. The lowest BCUT2D eigenvalue weighted by molar-refractivity contribution is 0.0723.